The number of halogens is 1. The van der Waals surface area contributed by atoms with Crippen molar-refractivity contribution >= 4 is 16.8 Å². The van der Waals surface area contributed by atoms with Crippen LogP contribution < -0.4 is 5.32 Å². The van der Waals surface area contributed by atoms with Crippen LogP contribution in [0.4, 0.5) is 4.39 Å². The number of hydrogen-bond donors (Lipinski definition) is 3. The lowest BCUT2D eigenvalue weighted by molar-refractivity contribution is 0.0918. The standard InChI is InChI=1S/C16H14FN3O2/c17-11-1-2-12-13(8-19-14(12)7-11)16(22)20-9-15(21)10-3-5-18-6-4-10/h1-8,15,19,21H,9H2,(H,20,22). The number of pyridine rings is 1. The van der Waals surface area contributed by atoms with Crippen LogP contribution in [0, 0.1) is 5.82 Å². The molecule has 1 aromatic carbocycles. The highest BCUT2D eigenvalue weighted by Crippen LogP contribution is 2.19. The fourth-order valence-electron chi connectivity index (χ4n) is 2.27. The summed E-state index contributed by atoms with van der Waals surface area (Å²) < 4.78 is 13.1. The van der Waals surface area contributed by atoms with Crippen LogP contribution in [0.15, 0.2) is 48.9 Å². The van der Waals surface area contributed by atoms with Crippen molar-refractivity contribution < 1.29 is 14.3 Å². The van der Waals surface area contributed by atoms with E-state index in [1.807, 2.05) is 0 Å². The first-order valence-electron chi connectivity index (χ1n) is 6.78. The number of hydrogen-bond acceptors (Lipinski definition) is 3. The summed E-state index contributed by atoms with van der Waals surface area (Å²) in [6.07, 6.45) is 3.87. The maximum absolute atomic E-state index is 13.1. The number of amides is 1. The predicted molar refractivity (Wildman–Crippen MR) is 79.8 cm³/mol. The number of fused-ring (bicyclic) bond motifs is 1. The third-order valence-corrected chi connectivity index (χ3v) is 3.44. The Balaban J connectivity index is 1.71. The number of nitrogens with zero attached hydrogens (tertiary/aromatic N) is 1. The summed E-state index contributed by atoms with van der Waals surface area (Å²) in [5.74, 6) is -0.694. The molecule has 1 atom stereocenters. The average molecular weight is 299 g/mol. The first kappa shape index (κ1) is 14.2. The highest BCUT2D eigenvalue weighted by molar-refractivity contribution is 6.06. The number of rotatable bonds is 4. The second-order valence-corrected chi connectivity index (χ2v) is 4.90. The minimum Gasteiger partial charge on any atom is -0.387 e. The van der Waals surface area contributed by atoms with E-state index in [4.69, 9.17) is 0 Å². The predicted octanol–water partition coefficient (Wildman–Crippen LogP) is 2.17. The zero-order chi connectivity index (χ0) is 15.5. The number of carbonyl (C=O) groups excluding carboxylic acids is 1. The fourth-order valence-corrected chi connectivity index (χ4v) is 2.27. The van der Waals surface area contributed by atoms with E-state index in [2.05, 4.69) is 15.3 Å². The second kappa shape index (κ2) is 5.95. The summed E-state index contributed by atoms with van der Waals surface area (Å²) in [4.78, 5) is 18.9. The Hall–Kier alpha value is -2.73. The Morgan fingerprint density at radius 1 is 1.32 bits per heavy atom. The van der Waals surface area contributed by atoms with Gasteiger partial charge < -0.3 is 15.4 Å². The molecule has 1 amide bonds. The summed E-state index contributed by atoms with van der Waals surface area (Å²) in [7, 11) is 0. The van der Waals surface area contributed by atoms with E-state index < -0.39 is 6.10 Å². The molecule has 0 saturated carbocycles. The molecule has 3 aromatic rings. The summed E-state index contributed by atoms with van der Waals surface area (Å²) in [6.45, 7) is 0.0801. The topological polar surface area (TPSA) is 78.0 Å². The van der Waals surface area contributed by atoms with E-state index in [9.17, 15) is 14.3 Å². The van der Waals surface area contributed by atoms with Crippen LogP contribution in [0.2, 0.25) is 0 Å². The smallest absolute Gasteiger partial charge is 0.253 e. The second-order valence-electron chi connectivity index (χ2n) is 4.90. The van der Waals surface area contributed by atoms with Gasteiger partial charge >= 0.3 is 0 Å². The van der Waals surface area contributed by atoms with Crippen molar-refractivity contribution in [2.75, 3.05) is 6.54 Å². The molecule has 0 aliphatic carbocycles. The first-order valence-corrected chi connectivity index (χ1v) is 6.78. The molecular formula is C16H14FN3O2. The number of benzene rings is 1. The highest BCUT2D eigenvalue weighted by atomic mass is 19.1. The Kier molecular flexibility index (Phi) is 3.84. The van der Waals surface area contributed by atoms with Crippen molar-refractivity contribution in [1.82, 2.24) is 15.3 Å². The third kappa shape index (κ3) is 2.82. The van der Waals surface area contributed by atoms with E-state index in [1.165, 1.54) is 18.3 Å². The SMILES string of the molecule is O=C(NCC(O)c1ccncc1)c1c[nH]c2cc(F)ccc12. The molecule has 0 bridgehead atoms. The summed E-state index contributed by atoms with van der Waals surface area (Å²) in [6, 6.07) is 7.56. The maximum atomic E-state index is 13.1. The van der Waals surface area contributed by atoms with Crippen LogP contribution in [0.3, 0.4) is 0 Å². The molecule has 0 aliphatic heterocycles. The number of aliphatic hydroxyl groups is 1. The van der Waals surface area contributed by atoms with Gasteiger partial charge in [-0.2, -0.15) is 0 Å². The van der Waals surface area contributed by atoms with Gasteiger partial charge in [-0.1, -0.05) is 0 Å². The van der Waals surface area contributed by atoms with Crippen molar-refractivity contribution in [2.24, 2.45) is 0 Å². The molecule has 2 aromatic heterocycles. The van der Waals surface area contributed by atoms with Crippen LogP contribution in [0.1, 0.15) is 22.0 Å². The van der Waals surface area contributed by atoms with E-state index in [-0.39, 0.29) is 18.3 Å². The quantitative estimate of drug-likeness (QED) is 0.691. The van der Waals surface area contributed by atoms with E-state index in [1.54, 1.807) is 30.6 Å². The molecule has 1 unspecified atom stereocenters. The molecule has 3 N–H and O–H groups in total. The monoisotopic (exact) mass is 299 g/mol. The average Bonchev–Trinajstić information content (AvgIpc) is 2.96. The lowest BCUT2D eigenvalue weighted by Gasteiger charge is -2.11. The van der Waals surface area contributed by atoms with Gasteiger partial charge in [0.05, 0.1) is 11.7 Å². The molecule has 3 rings (SSSR count). The molecule has 22 heavy (non-hydrogen) atoms. The largest absolute Gasteiger partial charge is 0.387 e. The van der Waals surface area contributed by atoms with Crippen LogP contribution in [-0.2, 0) is 0 Å². The summed E-state index contributed by atoms with van der Waals surface area (Å²) in [5, 5.41) is 13.3. The van der Waals surface area contributed by atoms with Crippen LogP contribution in [-0.4, -0.2) is 27.5 Å². The van der Waals surface area contributed by atoms with Crippen LogP contribution in [0.25, 0.3) is 10.9 Å². The van der Waals surface area contributed by atoms with Gasteiger partial charge in [0.1, 0.15) is 5.82 Å². The van der Waals surface area contributed by atoms with Crippen molar-refractivity contribution in [3.8, 4) is 0 Å². The van der Waals surface area contributed by atoms with Gasteiger partial charge in [0.2, 0.25) is 0 Å². The van der Waals surface area contributed by atoms with E-state index in [0.29, 0.717) is 22.0 Å². The zero-order valence-corrected chi connectivity index (χ0v) is 11.6. The zero-order valence-electron chi connectivity index (χ0n) is 11.6. The first-order chi connectivity index (χ1) is 10.6. The summed E-state index contributed by atoms with van der Waals surface area (Å²) >= 11 is 0. The maximum Gasteiger partial charge on any atom is 0.253 e. The Morgan fingerprint density at radius 2 is 2.09 bits per heavy atom. The Bertz CT molecular complexity index is 802. The van der Waals surface area contributed by atoms with Gasteiger partial charge in [0.15, 0.2) is 0 Å². The minimum absolute atomic E-state index is 0.0801. The van der Waals surface area contributed by atoms with Gasteiger partial charge in [-0.25, -0.2) is 4.39 Å². The number of H-pyrrole nitrogens is 1. The molecule has 0 radical (unpaired) electrons. The van der Waals surface area contributed by atoms with Gasteiger partial charge in [-0.15, -0.1) is 0 Å². The fraction of sp³-hybridized carbons (Fsp3) is 0.125. The number of carbonyl (C=O) groups is 1. The van der Waals surface area contributed by atoms with Gasteiger partial charge in [0, 0.05) is 36.0 Å². The van der Waals surface area contributed by atoms with Crippen LogP contribution in [0.5, 0.6) is 0 Å². The van der Waals surface area contributed by atoms with E-state index in [0.717, 1.165) is 0 Å². The molecule has 6 heteroatoms. The molecule has 112 valence electrons. The lowest BCUT2D eigenvalue weighted by Crippen LogP contribution is -2.28. The normalized spacial score (nSPS) is 12.3. The molecule has 2 heterocycles. The van der Waals surface area contributed by atoms with Crippen molar-refractivity contribution in [3.63, 3.8) is 0 Å². The highest BCUT2D eigenvalue weighted by Gasteiger charge is 2.14. The summed E-state index contributed by atoms with van der Waals surface area (Å²) in [5.41, 5.74) is 1.65. The number of aromatic nitrogens is 2. The van der Waals surface area contributed by atoms with Crippen molar-refractivity contribution in [1.29, 1.82) is 0 Å². The molecular weight excluding hydrogens is 285 g/mol. The molecule has 0 spiro atoms. The van der Waals surface area contributed by atoms with Gasteiger partial charge in [0.25, 0.3) is 5.91 Å². The van der Waals surface area contributed by atoms with Gasteiger partial charge in [-0.3, -0.25) is 9.78 Å². The van der Waals surface area contributed by atoms with E-state index >= 15 is 0 Å². The molecule has 0 aliphatic rings. The third-order valence-electron chi connectivity index (χ3n) is 3.44. The Morgan fingerprint density at radius 3 is 2.86 bits per heavy atom. The number of nitrogens with one attached hydrogen (secondary N) is 2. The molecule has 5 nitrogen and oxygen atoms in total. The number of aliphatic hydroxyl groups excluding tert-OH is 1. The van der Waals surface area contributed by atoms with Crippen molar-refractivity contribution in [2.45, 2.75) is 6.10 Å². The molecule has 0 saturated heterocycles. The lowest BCUT2D eigenvalue weighted by atomic mass is 10.1. The minimum atomic E-state index is -0.811. The van der Waals surface area contributed by atoms with Crippen molar-refractivity contribution in [3.05, 3.63) is 65.9 Å². The van der Waals surface area contributed by atoms with Crippen LogP contribution >= 0.6 is 0 Å². The van der Waals surface area contributed by atoms with Gasteiger partial charge in [-0.05, 0) is 35.9 Å². The Labute approximate surface area is 125 Å². The number of aromatic amines is 1. The molecule has 0 fully saturated rings.